The predicted octanol–water partition coefficient (Wildman–Crippen LogP) is -1.33. The molecule has 1 unspecified atom stereocenters. The van der Waals surface area contributed by atoms with Gasteiger partial charge in [-0.05, 0) is 0 Å². The number of amides is 1. The lowest BCUT2D eigenvalue weighted by molar-refractivity contribution is -0.146. The van der Waals surface area contributed by atoms with Crippen molar-refractivity contribution in [1.29, 1.82) is 0 Å². The summed E-state index contributed by atoms with van der Waals surface area (Å²) in [6.07, 6.45) is 0.317. The Morgan fingerprint density at radius 2 is 1.62 bits per heavy atom. The third kappa shape index (κ3) is 6.13. The summed E-state index contributed by atoms with van der Waals surface area (Å²) in [5.41, 5.74) is 0. The van der Waals surface area contributed by atoms with Crippen molar-refractivity contribution in [2.45, 2.75) is 12.5 Å². The van der Waals surface area contributed by atoms with Gasteiger partial charge in [-0.15, -0.1) is 0 Å². The lowest BCUT2D eigenvalue weighted by Crippen LogP contribution is -2.41. The van der Waals surface area contributed by atoms with Crippen LogP contribution >= 0.6 is 0 Å². The van der Waals surface area contributed by atoms with Crippen molar-refractivity contribution in [2.75, 3.05) is 0 Å². The van der Waals surface area contributed by atoms with Crippen LogP contribution in [-0.2, 0) is 19.2 Å². The SMILES string of the molecule is O=C(O)C=CC(=O)NC(CC(=O)O)C(=O)O. The molecular formula is C8H9NO7. The zero-order valence-corrected chi connectivity index (χ0v) is 7.91. The lowest BCUT2D eigenvalue weighted by Gasteiger charge is -2.09. The number of carboxylic acids is 3. The standard InChI is InChI=1S/C8H9NO7/c10-5(1-2-6(11)12)9-4(8(15)16)3-7(13)14/h1-2,4H,3H2,(H,9,10)(H,11,12)(H,13,14)(H,15,16). The van der Waals surface area contributed by atoms with Gasteiger partial charge in [0.05, 0.1) is 6.42 Å². The normalized spacial score (nSPS) is 12.0. The van der Waals surface area contributed by atoms with Crippen LogP contribution in [0, 0.1) is 0 Å². The molecule has 8 nitrogen and oxygen atoms in total. The first-order valence-corrected chi connectivity index (χ1v) is 3.99. The number of nitrogens with one attached hydrogen (secondary N) is 1. The van der Waals surface area contributed by atoms with Crippen molar-refractivity contribution in [3.63, 3.8) is 0 Å². The molecule has 1 amide bonds. The molecule has 16 heavy (non-hydrogen) atoms. The summed E-state index contributed by atoms with van der Waals surface area (Å²) in [6, 6.07) is -1.59. The van der Waals surface area contributed by atoms with E-state index in [4.69, 9.17) is 15.3 Å². The molecule has 1 atom stereocenters. The predicted molar refractivity (Wildman–Crippen MR) is 48.6 cm³/mol. The van der Waals surface area contributed by atoms with E-state index in [2.05, 4.69) is 0 Å². The minimum absolute atomic E-state index is 0.509. The van der Waals surface area contributed by atoms with E-state index in [1.54, 1.807) is 0 Å². The summed E-state index contributed by atoms with van der Waals surface area (Å²) in [6.45, 7) is 0. The lowest BCUT2D eigenvalue weighted by atomic mass is 10.2. The van der Waals surface area contributed by atoms with Crippen molar-refractivity contribution in [2.24, 2.45) is 0 Å². The van der Waals surface area contributed by atoms with Gasteiger partial charge in [-0.1, -0.05) is 0 Å². The Morgan fingerprint density at radius 1 is 1.06 bits per heavy atom. The molecule has 88 valence electrons. The van der Waals surface area contributed by atoms with Gasteiger partial charge >= 0.3 is 17.9 Å². The molecule has 0 aromatic rings. The van der Waals surface area contributed by atoms with Gasteiger partial charge in [-0.2, -0.15) is 0 Å². The van der Waals surface area contributed by atoms with Crippen molar-refractivity contribution >= 4 is 23.8 Å². The second kappa shape index (κ2) is 6.17. The zero-order valence-electron chi connectivity index (χ0n) is 7.91. The summed E-state index contributed by atoms with van der Waals surface area (Å²) in [5, 5.41) is 26.9. The number of hydrogen-bond acceptors (Lipinski definition) is 4. The molecule has 8 heteroatoms. The van der Waals surface area contributed by atoms with Crippen molar-refractivity contribution in [3.05, 3.63) is 12.2 Å². The second-order valence-electron chi connectivity index (χ2n) is 2.67. The minimum Gasteiger partial charge on any atom is -0.481 e. The van der Waals surface area contributed by atoms with Crippen LogP contribution in [0.2, 0.25) is 0 Å². The van der Waals surface area contributed by atoms with Gasteiger partial charge in [-0.3, -0.25) is 9.59 Å². The van der Waals surface area contributed by atoms with E-state index >= 15 is 0 Å². The van der Waals surface area contributed by atoms with Crippen molar-refractivity contribution in [3.8, 4) is 0 Å². The number of rotatable bonds is 6. The quantitative estimate of drug-likeness (QED) is 0.415. The van der Waals surface area contributed by atoms with Crippen molar-refractivity contribution < 1.29 is 34.5 Å². The number of carboxylic acid groups (broad SMARTS) is 3. The van der Waals surface area contributed by atoms with Crippen LogP contribution in [0.4, 0.5) is 0 Å². The zero-order chi connectivity index (χ0) is 12.7. The molecule has 4 N–H and O–H groups in total. The van der Waals surface area contributed by atoms with Crippen LogP contribution in [0.1, 0.15) is 6.42 Å². The Bertz CT molecular complexity index is 346. The molecule has 0 saturated heterocycles. The molecular weight excluding hydrogens is 222 g/mol. The van der Waals surface area contributed by atoms with Gasteiger partial charge in [-0.25, -0.2) is 9.59 Å². The number of hydrogen-bond donors (Lipinski definition) is 4. The Kier molecular flexibility index (Phi) is 5.25. The summed E-state index contributed by atoms with van der Waals surface area (Å²) < 4.78 is 0. The second-order valence-corrected chi connectivity index (χ2v) is 2.67. The van der Waals surface area contributed by atoms with E-state index < -0.39 is 36.3 Å². The van der Waals surface area contributed by atoms with E-state index in [1.165, 1.54) is 0 Å². The molecule has 0 aromatic carbocycles. The monoisotopic (exact) mass is 231 g/mol. The fourth-order valence-electron chi connectivity index (χ4n) is 0.742. The highest BCUT2D eigenvalue weighted by Crippen LogP contribution is 1.93. The first kappa shape index (κ1) is 13.6. The average Bonchev–Trinajstić information content (AvgIpc) is 2.12. The summed E-state index contributed by atoms with van der Waals surface area (Å²) in [5.74, 6) is -5.27. The van der Waals surface area contributed by atoms with Crippen LogP contribution in [0.25, 0.3) is 0 Å². The molecule has 0 aliphatic rings. The number of aliphatic carboxylic acids is 3. The molecule has 0 bridgehead atoms. The topological polar surface area (TPSA) is 141 Å². The molecule has 0 rings (SSSR count). The third-order valence-electron chi connectivity index (χ3n) is 1.37. The van der Waals surface area contributed by atoms with Crippen molar-refractivity contribution in [1.82, 2.24) is 5.32 Å². The summed E-state index contributed by atoms with van der Waals surface area (Å²) >= 11 is 0. The van der Waals surface area contributed by atoms with Crippen LogP contribution in [0.15, 0.2) is 12.2 Å². The van der Waals surface area contributed by atoms with E-state index in [9.17, 15) is 19.2 Å². The highest BCUT2D eigenvalue weighted by atomic mass is 16.4. The smallest absolute Gasteiger partial charge is 0.328 e. The van der Waals surface area contributed by atoms with Gasteiger partial charge < -0.3 is 20.6 Å². The third-order valence-corrected chi connectivity index (χ3v) is 1.37. The van der Waals surface area contributed by atoms with Gasteiger partial charge in [0.15, 0.2) is 0 Å². The van der Waals surface area contributed by atoms with Gasteiger partial charge in [0.1, 0.15) is 6.04 Å². The highest BCUT2D eigenvalue weighted by molar-refractivity contribution is 5.96. The van der Waals surface area contributed by atoms with E-state index in [1.807, 2.05) is 5.32 Å². The minimum atomic E-state index is -1.59. The van der Waals surface area contributed by atoms with Gasteiger partial charge in [0, 0.05) is 12.2 Å². The molecule has 0 aliphatic carbocycles. The largest absolute Gasteiger partial charge is 0.481 e. The fraction of sp³-hybridized carbons (Fsp3) is 0.250. The number of carbonyl (C=O) groups excluding carboxylic acids is 1. The van der Waals surface area contributed by atoms with Crippen LogP contribution in [0.5, 0.6) is 0 Å². The Hall–Kier alpha value is -2.38. The van der Waals surface area contributed by atoms with Crippen LogP contribution in [0.3, 0.4) is 0 Å². The Labute approximate surface area is 89.2 Å². The molecule has 0 spiro atoms. The number of carbonyl (C=O) groups is 4. The maximum absolute atomic E-state index is 10.9. The highest BCUT2D eigenvalue weighted by Gasteiger charge is 2.21. The Morgan fingerprint density at radius 3 is 2.00 bits per heavy atom. The van der Waals surface area contributed by atoms with E-state index in [-0.39, 0.29) is 0 Å². The van der Waals surface area contributed by atoms with Gasteiger partial charge in [0.2, 0.25) is 5.91 Å². The van der Waals surface area contributed by atoms with E-state index in [0.29, 0.717) is 12.2 Å². The molecule has 0 aliphatic heterocycles. The van der Waals surface area contributed by atoms with Crippen LogP contribution < -0.4 is 5.32 Å². The molecule has 0 aromatic heterocycles. The van der Waals surface area contributed by atoms with Gasteiger partial charge in [0.25, 0.3) is 0 Å². The first-order valence-electron chi connectivity index (χ1n) is 3.99. The average molecular weight is 231 g/mol. The van der Waals surface area contributed by atoms with Crippen LogP contribution in [-0.4, -0.2) is 45.2 Å². The summed E-state index contributed by atoms with van der Waals surface area (Å²) in [7, 11) is 0. The molecule has 0 radical (unpaired) electrons. The molecule has 0 fully saturated rings. The molecule has 0 saturated carbocycles. The molecule has 0 heterocycles. The first-order chi connectivity index (χ1) is 7.32. The Balaban J connectivity index is 4.40. The summed E-state index contributed by atoms with van der Waals surface area (Å²) in [4.78, 5) is 41.7. The fourth-order valence-corrected chi connectivity index (χ4v) is 0.742. The maximum Gasteiger partial charge on any atom is 0.328 e. The van der Waals surface area contributed by atoms with E-state index in [0.717, 1.165) is 0 Å². The maximum atomic E-state index is 10.9.